The second-order valence-corrected chi connectivity index (χ2v) is 4.79. The molecular weight excluding hydrogens is 267 g/mol. The predicted molar refractivity (Wildman–Crippen MR) is 73.2 cm³/mol. The van der Waals surface area contributed by atoms with Crippen LogP contribution < -0.4 is 4.74 Å². The van der Waals surface area contributed by atoms with Crippen molar-refractivity contribution in [1.82, 2.24) is 0 Å². The fraction of sp³-hybridized carbons (Fsp3) is 0.200. The molecule has 0 saturated carbocycles. The normalized spacial score (nSPS) is 12.3. The Bertz CT molecular complexity index is 578. The van der Waals surface area contributed by atoms with Gasteiger partial charge in [0.1, 0.15) is 17.7 Å². The van der Waals surface area contributed by atoms with Gasteiger partial charge in [0, 0.05) is 16.7 Å². The van der Waals surface area contributed by atoms with Crippen LogP contribution in [0.5, 0.6) is 5.75 Å². The lowest BCUT2D eigenvalue weighted by Crippen LogP contribution is -2.03. The third-order valence-electron chi connectivity index (χ3n) is 2.88. The van der Waals surface area contributed by atoms with Crippen LogP contribution in [0.2, 0.25) is 5.02 Å². The highest BCUT2D eigenvalue weighted by Crippen LogP contribution is 2.29. The van der Waals surface area contributed by atoms with Gasteiger partial charge in [0.2, 0.25) is 0 Å². The summed E-state index contributed by atoms with van der Waals surface area (Å²) >= 11 is 5.94. The van der Waals surface area contributed by atoms with Crippen molar-refractivity contribution in [3.05, 3.63) is 63.9 Å². The van der Waals surface area contributed by atoms with Crippen LogP contribution in [0.4, 0.5) is 4.39 Å². The molecule has 4 heteroatoms. The van der Waals surface area contributed by atoms with Crippen molar-refractivity contribution in [3.63, 3.8) is 0 Å². The van der Waals surface area contributed by atoms with Gasteiger partial charge >= 0.3 is 0 Å². The van der Waals surface area contributed by atoms with Crippen LogP contribution in [0.3, 0.4) is 0 Å². The molecule has 2 nitrogen and oxygen atoms in total. The van der Waals surface area contributed by atoms with Gasteiger partial charge in [-0.15, -0.1) is 0 Å². The van der Waals surface area contributed by atoms with E-state index in [1.807, 2.05) is 6.92 Å². The quantitative estimate of drug-likeness (QED) is 0.924. The van der Waals surface area contributed by atoms with Crippen LogP contribution in [-0.4, -0.2) is 12.2 Å². The number of ether oxygens (including phenoxy) is 1. The summed E-state index contributed by atoms with van der Waals surface area (Å²) in [5, 5.41) is 10.8. The van der Waals surface area contributed by atoms with Crippen LogP contribution in [-0.2, 0) is 0 Å². The second-order valence-electron chi connectivity index (χ2n) is 4.35. The molecule has 1 unspecified atom stereocenters. The van der Waals surface area contributed by atoms with Gasteiger partial charge in [0.15, 0.2) is 0 Å². The number of hydrogen-bond acceptors (Lipinski definition) is 2. The van der Waals surface area contributed by atoms with E-state index in [1.54, 1.807) is 24.3 Å². The SMILES string of the molecule is COc1ccc(C(O)c2cc(C)cc(Cl)c2)c(F)c1. The van der Waals surface area contributed by atoms with Gasteiger partial charge in [-0.1, -0.05) is 17.7 Å². The highest BCUT2D eigenvalue weighted by molar-refractivity contribution is 6.30. The van der Waals surface area contributed by atoms with E-state index in [1.165, 1.54) is 19.2 Å². The Labute approximate surface area is 116 Å². The minimum atomic E-state index is -1.05. The van der Waals surface area contributed by atoms with E-state index in [4.69, 9.17) is 16.3 Å². The molecule has 0 aliphatic heterocycles. The largest absolute Gasteiger partial charge is 0.497 e. The summed E-state index contributed by atoms with van der Waals surface area (Å²) in [6.07, 6.45) is -1.05. The van der Waals surface area contributed by atoms with Crippen LogP contribution in [0, 0.1) is 12.7 Å². The van der Waals surface area contributed by atoms with Gasteiger partial charge in [-0.25, -0.2) is 4.39 Å². The lowest BCUT2D eigenvalue weighted by molar-refractivity contribution is 0.214. The van der Waals surface area contributed by atoms with E-state index in [9.17, 15) is 9.50 Å². The van der Waals surface area contributed by atoms with Gasteiger partial charge in [-0.3, -0.25) is 0 Å². The molecule has 2 aromatic carbocycles. The zero-order valence-electron chi connectivity index (χ0n) is 10.7. The number of methoxy groups -OCH3 is 1. The Balaban J connectivity index is 2.40. The van der Waals surface area contributed by atoms with E-state index in [2.05, 4.69) is 0 Å². The summed E-state index contributed by atoms with van der Waals surface area (Å²) in [4.78, 5) is 0. The average Bonchev–Trinajstić information content (AvgIpc) is 2.36. The fourth-order valence-electron chi connectivity index (χ4n) is 1.96. The third-order valence-corrected chi connectivity index (χ3v) is 3.10. The number of halogens is 2. The van der Waals surface area contributed by atoms with Crippen LogP contribution in [0.25, 0.3) is 0 Å². The average molecular weight is 281 g/mol. The highest BCUT2D eigenvalue weighted by atomic mass is 35.5. The number of benzene rings is 2. The first-order chi connectivity index (χ1) is 9.01. The zero-order valence-corrected chi connectivity index (χ0v) is 11.4. The molecule has 1 atom stereocenters. The Morgan fingerprint density at radius 3 is 2.53 bits per heavy atom. The minimum Gasteiger partial charge on any atom is -0.497 e. The summed E-state index contributed by atoms with van der Waals surface area (Å²) in [5.74, 6) is -0.0970. The number of aliphatic hydroxyl groups is 1. The van der Waals surface area contributed by atoms with Crippen molar-refractivity contribution in [2.75, 3.05) is 7.11 Å². The van der Waals surface area contributed by atoms with Crippen LogP contribution in [0.1, 0.15) is 22.8 Å². The van der Waals surface area contributed by atoms with E-state index in [0.29, 0.717) is 16.3 Å². The van der Waals surface area contributed by atoms with E-state index < -0.39 is 11.9 Å². The Morgan fingerprint density at radius 1 is 1.21 bits per heavy atom. The van der Waals surface area contributed by atoms with Gasteiger partial charge in [0.25, 0.3) is 0 Å². The number of hydrogen-bond donors (Lipinski definition) is 1. The van der Waals surface area contributed by atoms with Gasteiger partial charge < -0.3 is 9.84 Å². The van der Waals surface area contributed by atoms with Crippen LogP contribution in [0.15, 0.2) is 36.4 Å². The smallest absolute Gasteiger partial charge is 0.133 e. The lowest BCUT2D eigenvalue weighted by Gasteiger charge is -2.14. The first-order valence-electron chi connectivity index (χ1n) is 5.80. The Hall–Kier alpha value is -1.58. The summed E-state index contributed by atoms with van der Waals surface area (Å²) in [6, 6.07) is 9.55. The topological polar surface area (TPSA) is 29.5 Å². The molecule has 0 bridgehead atoms. The zero-order chi connectivity index (χ0) is 14.0. The summed E-state index contributed by atoms with van der Waals surface area (Å²) in [6.45, 7) is 1.87. The molecule has 0 aromatic heterocycles. The van der Waals surface area contributed by atoms with Gasteiger partial charge in [0.05, 0.1) is 7.11 Å². The summed E-state index contributed by atoms with van der Waals surface area (Å²) < 4.78 is 18.8. The van der Waals surface area contributed by atoms with Gasteiger partial charge in [-0.2, -0.15) is 0 Å². The maximum Gasteiger partial charge on any atom is 0.133 e. The van der Waals surface area contributed by atoms with Crippen LogP contribution >= 0.6 is 11.6 Å². The van der Waals surface area contributed by atoms with E-state index in [-0.39, 0.29) is 5.56 Å². The van der Waals surface area contributed by atoms with Crippen molar-refractivity contribution in [2.24, 2.45) is 0 Å². The fourth-order valence-corrected chi connectivity index (χ4v) is 2.26. The molecule has 0 heterocycles. The number of rotatable bonds is 3. The molecule has 0 aliphatic carbocycles. The van der Waals surface area contributed by atoms with Crippen molar-refractivity contribution >= 4 is 11.6 Å². The lowest BCUT2D eigenvalue weighted by atomic mass is 9.99. The molecule has 2 aromatic rings. The molecule has 0 fully saturated rings. The maximum atomic E-state index is 13.9. The summed E-state index contributed by atoms with van der Waals surface area (Å²) in [5.41, 5.74) is 1.67. The maximum absolute atomic E-state index is 13.9. The molecule has 0 saturated heterocycles. The van der Waals surface area contributed by atoms with Crippen molar-refractivity contribution in [2.45, 2.75) is 13.0 Å². The first-order valence-corrected chi connectivity index (χ1v) is 6.17. The molecule has 19 heavy (non-hydrogen) atoms. The molecule has 1 N–H and O–H groups in total. The second kappa shape index (κ2) is 5.59. The molecule has 0 amide bonds. The molecule has 0 radical (unpaired) electrons. The Morgan fingerprint density at radius 2 is 1.95 bits per heavy atom. The van der Waals surface area contributed by atoms with Crippen molar-refractivity contribution in [3.8, 4) is 5.75 Å². The van der Waals surface area contributed by atoms with E-state index in [0.717, 1.165) is 5.56 Å². The molecule has 100 valence electrons. The van der Waals surface area contributed by atoms with Crippen molar-refractivity contribution < 1.29 is 14.2 Å². The summed E-state index contributed by atoms with van der Waals surface area (Å²) in [7, 11) is 1.46. The minimum absolute atomic E-state index is 0.197. The molecule has 0 spiro atoms. The predicted octanol–water partition coefficient (Wildman–Crippen LogP) is 3.88. The molecule has 2 rings (SSSR count). The molecular formula is C15H14ClFO2. The Kier molecular flexibility index (Phi) is 4.08. The molecule has 0 aliphatic rings. The number of aryl methyl sites for hydroxylation is 1. The number of aliphatic hydroxyl groups excluding tert-OH is 1. The van der Waals surface area contributed by atoms with Crippen molar-refractivity contribution in [1.29, 1.82) is 0 Å². The highest BCUT2D eigenvalue weighted by Gasteiger charge is 2.16. The van der Waals surface area contributed by atoms with E-state index >= 15 is 0 Å². The standard InChI is InChI=1S/C15H14ClFO2/c1-9-5-10(7-11(16)6-9)15(18)13-4-3-12(19-2)8-14(13)17/h3-8,15,18H,1-2H3. The first kappa shape index (κ1) is 13.8. The third kappa shape index (κ3) is 3.06. The van der Waals surface area contributed by atoms with Gasteiger partial charge in [-0.05, 0) is 42.3 Å². The monoisotopic (exact) mass is 280 g/mol.